The average Bonchev–Trinajstić information content (AvgIpc) is 2.80. The Morgan fingerprint density at radius 2 is 1.00 bits per heavy atom. The van der Waals surface area contributed by atoms with Crippen LogP contribution in [0.25, 0.3) is 0 Å². The van der Waals surface area contributed by atoms with Gasteiger partial charge in [-0.2, -0.15) is 0 Å². The van der Waals surface area contributed by atoms with Crippen LogP contribution >= 0.6 is 0 Å². The van der Waals surface area contributed by atoms with E-state index in [1.807, 2.05) is 41.5 Å². The molecule has 0 radical (unpaired) electrons. The van der Waals surface area contributed by atoms with Crippen molar-refractivity contribution in [3.63, 3.8) is 0 Å². The molecule has 1 heteroatoms. The lowest BCUT2D eigenvalue weighted by atomic mass is 10.3. The molecule has 1 heterocycles. The highest BCUT2D eigenvalue weighted by molar-refractivity contribution is 4.68. The maximum absolute atomic E-state index is 2.53. The van der Waals surface area contributed by atoms with Gasteiger partial charge in [-0.15, -0.1) is 0 Å². The Morgan fingerprint density at radius 1 is 0.714 bits per heavy atom. The van der Waals surface area contributed by atoms with Crippen molar-refractivity contribution in [1.82, 2.24) is 4.90 Å². The second kappa shape index (κ2) is 18.7. The van der Waals surface area contributed by atoms with Crippen molar-refractivity contribution in [2.45, 2.75) is 74.3 Å². The molecule has 1 rings (SSSR count). The van der Waals surface area contributed by atoms with Gasteiger partial charge in [0.2, 0.25) is 0 Å². The molecule has 0 saturated carbocycles. The summed E-state index contributed by atoms with van der Waals surface area (Å²) >= 11 is 0. The van der Waals surface area contributed by atoms with Gasteiger partial charge in [-0.25, -0.2) is 0 Å². The zero-order valence-corrected chi connectivity index (χ0v) is 11.9. The zero-order valence-electron chi connectivity index (χ0n) is 11.9. The number of hydrogen-bond acceptors (Lipinski definition) is 1. The Kier molecular flexibility index (Phi) is 26.1. The van der Waals surface area contributed by atoms with Crippen LogP contribution in [0.15, 0.2) is 0 Å². The van der Waals surface area contributed by atoms with Crippen molar-refractivity contribution < 1.29 is 0 Å². The van der Waals surface area contributed by atoms with Crippen LogP contribution in [0.3, 0.4) is 0 Å². The minimum atomic E-state index is 0.775. The van der Waals surface area contributed by atoms with Gasteiger partial charge in [0.15, 0.2) is 0 Å². The Morgan fingerprint density at radius 3 is 1.14 bits per heavy atom. The van der Waals surface area contributed by atoms with E-state index < -0.39 is 0 Å². The smallest absolute Gasteiger partial charge is 0.00385 e. The summed E-state index contributed by atoms with van der Waals surface area (Å²) in [7, 11) is 0. The second-order valence-electron chi connectivity index (χ2n) is 2.84. The van der Waals surface area contributed by atoms with Crippen LogP contribution in [0.1, 0.15) is 68.2 Å². The van der Waals surface area contributed by atoms with Crippen molar-refractivity contribution in [3.8, 4) is 0 Å². The molecular formula is C13H33N. The van der Waals surface area contributed by atoms with Crippen LogP contribution in [-0.2, 0) is 0 Å². The van der Waals surface area contributed by atoms with Crippen molar-refractivity contribution in [1.29, 1.82) is 0 Å². The highest BCUT2D eigenvalue weighted by atomic mass is 15.2. The second-order valence-corrected chi connectivity index (χ2v) is 2.84. The first-order valence-electron chi connectivity index (χ1n) is 6.55. The third kappa shape index (κ3) is 12.0. The maximum atomic E-state index is 2.53. The Balaban J connectivity index is -0.000000174. The molecule has 1 aliphatic heterocycles. The number of nitrogens with zero attached hydrogens (tertiary/aromatic N) is 1. The fourth-order valence-electron chi connectivity index (χ4n) is 1.26. The number of hydrogen-bond donors (Lipinski definition) is 0. The van der Waals surface area contributed by atoms with E-state index in [1.54, 1.807) is 0 Å². The Hall–Kier alpha value is -0.0400. The third-order valence-electron chi connectivity index (χ3n) is 1.87. The van der Waals surface area contributed by atoms with E-state index in [4.69, 9.17) is 0 Å². The predicted molar refractivity (Wildman–Crippen MR) is 70.0 cm³/mol. The average molecular weight is 203 g/mol. The predicted octanol–water partition coefficient (Wildman–Crippen LogP) is 4.57. The SMILES string of the molecule is CC.CC.CC.CC(C)N1CCCC1. The topological polar surface area (TPSA) is 3.24 Å². The molecule has 1 nitrogen and oxygen atoms in total. The number of rotatable bonds is 1. The van der Waals surface area contributed by atoms with Gasteiger partial charge in [0.05, 0.1) is 0 Å². The molecule has 1 aliphatic rings. The highest BCUT2D eigenvalue weighted by Crippen LogP contribution is 2.09. The highest BCUT2D eigenvalue weighted by Gasteiger charge is 2.13. The largest absolute Gasteiger partial charge is 0.301 e. The van der Waals surface area contributed by atoms with E-state index in [0.717, 1.165) is 6.04 Å². The van der Waals surface area contributed by atoms with Gasteiger partial charge in [0.1, 0.15) is 0 Å². The van der Waals surface area contributed by atoms with Gasteiger partial charge in [-0.05, 0) is 39.8 Å². The lowest BCUT2D eigenvalue weighted by molar-refractivity contribution is 0.276. The molecule has 0 aromatic carbocycles. The van der Waals surface area contributed by atoms with E-state index in [2.05, 4.69) is 18.7 Å². The van der Waals surface area contributed by atoms with Gasteiger partial charge in [-0.1, -0.05) is 41.5 Å². The van der Waals surface area contributed by atoms with Gasteiger partial charge >= 0.3 is 0 Å². The van der Waals surface area contributed by atoms with Crippen LogP contribution in [0.2, 0.25) is 0 Å². The van der Waals surface area contributed by atoms with Gasteiger partial charge in [0.25, 0.3) is 0 Å². The minimum absolute atomic E-state index is 0.775. The van der Waals surface area contributed by atoms with Crippen LogP contribution in [0.4, 0.5) is 0 Å². The van der Waals surface area contributed by atoms with Crippen molar-refractivity contribution in [2.75, 3.05) is 13.1 Å². The quantitative estimate of drug-likeness (QED) is 0.603. The molecule has 0 amide bonds. The summed E-state index contributed by atoms with van der Waals surface area (Å²) in [6.45, 7) is 19.2. The fraction of sp³-hybridized carbons (Fsp3) is 1.00. The van der Waals surface area contributed by atoms with E-state index in [1.165, 1.54) is 25.9 Å². The molecule has 0 N–H and O–H groups in total. The molecule has 14 heavy (non-hydrogen) atoms. The normalized spacial score (nSPS) is 14.4. The Bertz CT molecular complexity index is 63.6. The molecule has 1 saturated heterocycles. The molecular weight excluding hydrogens is 170 g/mol. The summed E-state index contributed by atoms with van der Waals surface area (Å²) in [6.07, 6.45) is 2.83. The van der Waals surface area contributed by atoms with E-state index >= 15 is 0 Å². The van der Waals surface area contributed by atoms with E-state index in [0.29, 0.717) is 0 Å². The maximum Gasteiger partial charge on any atom is 0.00385 e. The lowest BCUT2D eigenvalue weighted by Gasteiger charge is -2.18. The summed E-state index contributed by atoms with van der Waals surface area (Å²) in [5, 5.41) is 0. The molecule has 0 bridgehead atoms. The standard InChI is InChI=1S/C7H15N.3C2H6/c1-7(2)8-5-3-4-6-8;3*1-2/h7H,3-6H2,1-2H3;3*1-2H3. The lowest BCUT2D eigenvalue weighted by Crippen LogP contribution is -2.26. The summed E-state index contributed by atoms with van der Waals surface area (Å²) in [4.78, 5) is 2.53. The molecule has 0 aromatic heterocycles. The summed E-state index contributed by atoms with van der Waals surface area (Å²) in [6, 6.07) is 0.775. The molecule has 0 unspecified atom stereocenters. The molecule has 0 aromatic rings. The monoisotopic (exact) mass is 203 g/mol. The molecule has 90 valence electrons. The zero-order chi connectivity index (χ0) is 12.0. The molecule has 0 atom stereocenters. The van der Waals surface area contributed by atoms with Crippen molar-refractivity contribution >= 4 is 0 Å². The molecule has 1 fully saturated rings. The summed E-state index contributed by atoms with van der Waals surface area (Å²) in [5.41, 5.74) is 0. The van der Waals surface area contributed by atoms with Crippen LogP contribution in [0.5, 0.6) is 0 Å². The van der Waals surface area contributed by atoms with E-state index in [-0.39, 0.29) is 0 Å². The molecule has 0 aliphatic carbocycles. The van der Waals surface area contributed by atoms with Crippen LogP contribution < -0.4 is 0 Å². The van der Waals surface area contributed by atoms with E-state index in [9.17, 15) is 0 Å². The minimum Gasteiger partial charge on any atom is -0.301 e. The molecule has 0 spiro atoms. The summed E-state index contributed by atoms with van der Waals surface area (Å²) < 4.78 is 0. The fourth-order valence-corrected chi connectivity index (χ4v) is 1.26. The van der Waals surface area contributed by atoms with Gasteiger partial charge < -0.3 is 4.90 Å². The number of likely N-dealkylation sites (tertiary alicyclic amines) is 1. The summed E-state index contributed by atoms with van der Waals surface area (Å²) in [5.74, 6) is 0. The van der Waals surface area contributed by atoms with Crippen LogP contribution in [0, 0.1) is 0 Å². The van der Waals surface area contributed by atoms with Crippen LogP contribution in [-0.4, -0.2) is 24.0 Å². The Labute approximate surface area is 92.9 Å². The van der Waals surface area contributed by atoms with Crippen molar-refractivity contribution in [2.24, 2.45) is 0 Å². The van der Waals surface area contributed by atoms with Gasteiger partial charge in [0, 0.05) is 6.04 Å². The van der Waals surface area contributed by atoms with Gasteiger partial charge in [-0.3, -0.25) is 0 Å². The van der Waals surface area contributed by atoms with Crippen molar-refractivity contribution in [3.05, 3.63) is 0 Å². The first kappa shape index (κ1) is 19.5. The third-order valence-corrected chi connectivity index (χ3v) is 1.87. The first-order chi connectivity index (χ1) is 6.80. The first-order valence-corrected chi connectivity index (χ1v) is 6.55.